The minimum absolute atomic E-state index is 0.00627. The monoisotopic (exact) mass is 712 g/mol. The quantitative estimate of drug-likeness (QED) is 0.170. The smallest absolute Gasteiger partial charge is 0.246 e. The number of aliphatic hydroxyl groups is 1. The van der Waals surface area contributed by atoms with Gasteiger partial charge in [0.25, 0.3) is 0 Å². The number of benzene rings is 2. The molecule has 9 nitrogen and oxygen atoms in total. The fraction of sp³-hybridized carbons (Fsp3) is 0.316. The minimum atomic E-state index is -0.944. The number of aromatic nitrogens is 5. The Kier molecular flexibility index (Phi) is 8.02. The standard InChI is InChI=1S/C38H35F3N6O3S/c1-6-32(49)47-18(2)15-46-30(19(47)3)14-28(44-46)37-35(33-25(40)12-23(39)13-31(33)50-16-21-9-24(48)10-21)34-26(41)17-51-38(34)36(43-37)22-7-8-29-27(11-22)42-20(4)45(29)5/h6-8,11-14,17-19,21,24,48H,1,9-10,15-16H2,2-5H3/t18-,19+,21?,24?/m1/s1. The van der Waals surface area contributed by atoms with E-state index in [1.165, 1.54) is 11.5 Å². The lowest BCUT2D eigenvalue weighted by atomic mass is 9.83. The number of hydrogen-bond acceptors (Lipinski definition) is 7. The molecule has 4 aromatic heterocycles. The Labute approximate surface area is 295 Å². The average Bonchev–Trinajstić information content (AvgIpc) is 3.76. The van der Waals surface area contributed by atoms with Crippen LogP contribution in [0.5, 0.6) is 5.75 Å². The molecule has 6 aromatic rings. The Balaban J connectivity index is 1.39. The first kappa shape index (κ1) is 33.2. The van der Waals surface area contributed by atoms with Gasteiger partial charge in [-0.1, -0.05) is 12.6 Å². The second-order valence-corrected chi connectivity index (χ2v) is 14.4. The van der Waals surface area contributed by atoms with Crippen molar-refractivity contribution < 1.29 is 27.8 Å². The van der Waals surface area contributed by atoms with Gasteiger partial charge in [-0.3, -0.25) is 9.48 Å². The van der Waals surface area contributed by atoms with Crippen LogP contribution in [0, 0.1) is 30.3 Å². The molecule has 0 saturated heterocycles. The van der Waals surface area contributed by atoms with Gasteiger partial charge in [-0.05, 0) is 63.8 Å². The topological polar surface area (TPSA) is 98.3 Å². The van der Waals surface area contributed by atoms with Crippen LogP contribution in [0.15, 0.2) is 54.4 Å². The van der Waals surface area contributed by atoms with Crippen molar-refractivity contribution >= 4 is 38.4 Å². The van der Waals surface area contributed by atoms with E-state index >= 15 is 8.78 Å². The maximum atomic E-state index is 16.3. The lowest BCUT2D eigenvalue weighted by Gasteiger charge is -2.38. The van der Waals surface area contributed by atoms with Crippen LogP contribution in [0.2, 0.25) is 0 Å². The Hall–Kier alpha value is -5.01. The molecule has 8 rings (SSSR count). The van der Waals surface area contributed by atoms with Crippen LogP contribution in [0.3, 0.4) is 0 Å². The lowest BCUT2D eigenvalue weighted by molar-refractivity contribution is -0.131. The van der Waals surface area contributed by atoms with E-state index in [9.17, 15) is 14.3 Å². The van der Waals surface area contributed by atoms with Gasteiger partial charge in [0.1, 0.15) is 40.4 Å². The second kappa shape index (κ2) is 12.3. The molecule has 0 spiro atoms. The van der Waals surface area contributed by atoms with Crippen LogP contribution in [0.4, 0.5) is 13.2 Å². The number of nitrogens with zero attached hydrogens (tertiary/aromatic N) is 6. The van der Waals surface area contributed by atoms with Gasteiger partial charge in [0.2, 0.25) is 5.91 Å². The summed E-state index contributed by atoms with van der Waals surface area (Å²) in [7, 11) is 1.93. The minimum Gasteiger partial charge on any atom is -0.492 e. The number of amides is 1. The number of pyridine rings is 1. The number of thiophene rings is 1. The number of aliphatic hydroxyl groups excluding tert-OH is 1. The maximum absolute atomic E-state index is 16.3. The summed E-state index contributed by atoms with van der Waals surface area (Å²) in [6.07, 6.45) is 1.87. The Bertz CT molecular complexity index is 2390. The van der Waals surface area contributed by atoms with Gasteiger partial charge in [-0.25, -0.2) is 23.1 Å². The van der Waals surface area contributed by atoms with E-state index in [1.54, 1.807) is 15.6 Å². The van der Waals surface area contributed by atoms with Gasteiger partial charge in [0, 0.05) is 47.1 Å². The molecule has 1 aliphatic carbocycles. The molecule has 2 aromatic carbocycles. The van der Waals surface area contributed by atoms with Crippen LogP contribution in [0.25, 0.3) is 54.9 Å². The van der Waals surface area contributed by atoms with Crippen LogP contribution < -0.4 is 4.74 Å². The molecule has 1 fully saturated rings. The fourth-order valence-electron chi connectivity index (χ4n) is 7.53. The number of halogens is 3. The number of ether oxygens (including phenoxy) is 1. The number of rotatable bonds is 7. The van der Waals surface area contributed by atoms with E-state index in [1.807, 2.05) is 50.6 Å². The Morgan fingerprint density at radius 1 is 1.08 bits per heavy atom. The third kappa shape index (κ3) is 5.41. The zero-order valence-corrected chi connectivity index (χ0v) is 29.3. The second-order valence-electron chi connectivity index (χ2n) is 13.6. The molecule has 0 bridgehead atoms. The van der Waals surface area contributed by atoms with Gasteiger partial charge < -0.3 is 19.3 Å². The van der Waals surface area contributed by atoms with Gasteiger partial charge in [0.15, 0.2) is 0 Å². The maximum Gasteiger partial charge on any atom is 0.246 e. The molecule has 1 saturated carbocycles. The van der Waals surface area contributed by atoms with E-state index < -0.39 is 23.6 Å². The summed E-state index contributed by atoms with van der Waals surface area (Å²) in [5.41, 5.74) is 3.93. The van der Waals surface area contributed by atoms with Crippen LogP contribution in [0.1, 0.15) is 44.2 Å². The summed E-state index contributed by atoms with van der Waals surface area (Å²) in [5, 5.41) is 16.2. The number of aryl methyl sites for hydroxylation is 2. The highest BCUT2D eigenvalue weighted by Gasteiger charge is 2.35. The zero-order chi connectivity index (χ0) is 35.9. The Morgan fingerprint density at radius 3 is 2.61 bits per heavy atom. The van der Waals surface area contributed by atoms with Crippen molar-refractivity contribution in [2.45, 2.75) is 58.3 Å². The summed E-state index contributed by atoms with van der Waals surface area (Å²) in [4.78, 5) is 24.4. The molecular formula is C38H35F3N6O3S. The number of fused-ring (bicyclic) bond motifs is 3. The molecule has 2 aliphatic rings. The van der Waals surface area contributed by atoms with Crippen LogP contribution >= 0.6 is 11.3 Å². The van der Waals surface area contributed by atoms with E-state index in [-0.39, 0.29) is 58.5 Å². The van der Waals surface area contributed by atoms with E-state index in [4.69, 9.17) is 19.8 Å². The number of carbonyl (C=O) groups excluding carboxylic acids is 1. The first-order valence-electron chi connectivity index (χ1n) is 16.8. The molecule has 1 aliphatic heterocycles. The fourth-order valence-corrected chi connectivity index (χ4v) is 8.46. The molecule has 0 unspecified atom stereocenters. The molecule has 1 N–H and O–H groups in total. The highest BCUT2D eigenvalue weighted by molar-refractivity contribution is 7.17. The molecule has 2 atom stereocenters. The SMILES string of the molecule is C=CC(=O)N1[C@H](C)Cn2nc(-c3nc(-c4ccc5c(c4)nc(C)n5C)c4scc(F)c4c3-c3c(F)cc(F)cc3OCC3CC(O)C3)cc2[C@@H]1C. The number of imidazole rings is 1. The van der Waals surface area contributed by atoms with Gasteiger partial charge in [-0.15, -0.1) is 11.3 Å². The van der Waals surface area contributed by atoms with E-state index in [0.29, 0.717) is 46.7 Å². The molecule has 1 amide bonds. The number of carbonyl (C=O) groups is 1. The van der Waals surface area contributed by atoms with Crippen molar-refractivity contribution in [1.82, 2.24) is 29.2 Å². The van der Waals surface area contributed by atoms with Crippen molar-refractivity contribution in [2.24, 2.45) is 13.0 Å². The molecule has 5 heterocycles. The zero-order valence-electron chi connectivity index (χ0n) is 28.5. The normalized spacial score (nSPS) is 20.1. The summed E-state index contributed by atoms with van der Waals surface area (Å²) >= 11 is 1.13. The van der Waals surface area contributed by atoms with Crippen molar-refractivity contribution in [3.8, 4) is 39.5 Å². The van der Waals surface area contributed by atoms with Crippen molar-refractivity contribution in [3.63, 3.8) is 0 Å². The molecule has 0 radical (unpaired) electrons. The summed E-state index contributed by atoms with van der Waals surface area (Å²) in [5.74, 6) is -1.89. The van der Waals surface area contributed by atoms with Gasteiger partial charge in [-0.2, -0.15) is 5.10 Å². The van der Waals surface area contributed by atoms with Crippen LogP contribution in [-0.4, -0.2) is 59.0 Å². The van der Waals surface area contributed by atoms with Crippen molar-refractivity contribution in [2.75, 3.05) is 6.61 Å². The van der Waals surface area contributed by atoms with Crippen molar-refractivity contribution in [1.29, 1.82) is 0 Å². The highest BCUT2D eigenvalue weighted by atomic mass is 32.1. The summed E-state index contributed by atoms with van der Waals surface area (Å²) in [6.45, 7) is 9.88. The van der Waals surface area contributed by atoms with E-state index in [2.05, 4.69) is 6.58 Å². The van der Waals surface area contributed by atoms with Crippen LogP contribution in [-0.2, 0) is 18.4 Å². The highest BCUT2D eigenvalue weighted by Crippen LogP contribution is 2.48. The Morgan fingerprint density at radius 2 is 1.86 bits per heavy atom. The molecular weight excluding hydrogens is 678 g/mol. The first-order valence-corrected chi connectivity index (χ1v) is 17.7. The molecule has 262 valence electrons. The average molecular weight is 713 g/mol. The predicted molar refractivity (Wildman–Crippen MR) is 190 cm³/mol. The molecule has 51 heavy (non-hydrogen) atoms. The van der Waals surface area contributed by atoms with E-state index in [0.717, 1.165) is 40.3 Å². The number of hydrogen-bond donors (Lipinski definition) is 1. The summed E-state index contributed by atoms with van der Waals surface area (Å²) in [6, 6.07) is 8.76. The predicted octanol–water partition coefficient (Wildman–Crippen LogP) is 7.73. The largest absolute Gasteiger partial charge is 0.492 e. The van der Waals surface area contributed by atoms with Gasteiger partial charge >= 0.3 is 0 Å². The third-order valence-corrected chi connectivity index (χ3v) is 11.2. The third-order valence-electron chi connectivity index (χ3n) is 10.2. The molecule has 13 heteroatoms. The lowest BCUT2D eigenvalue weighted by Crippen LogP contribution is -2.46. The van der Waals surface area contributed by atoms with Gasteiger partial charge in [0.05, 0.1) is 58.0 Å². The van der Waals surface area contributed by atoms with Crippen molar-refractivity contribution in [3.05, 3.63) is 83.4 Å². The first-order chi connectivity index (χ1) is 24.4. The summed E-state index contributed by atoms with van der Waals surface area (Å²) < 4.78 is 57.8.